The first-order valence-electron chi connectivity index (χ1n) is 5.06. The summed E-state index contributed by atoms with van der Waals surface area (Å²) < 4.78 is 2.70. The van der Waals surface area contributed by atoms with Crippen LogP contribution in [0.5, 0.6) is 0 Å². The highest BCUT2D eigenvalue weighted by atomic mass is 79.9. The van der Waals surface area contributed by atoms with E-state index >= 15 is 0 Å². The van der Waals surface area contributed by atoms with Crippen LogP contribution in [0.25, 0.3) is 5.69 Å². The second-order valence-electron chi connectivity index (χ2n) is 3.78. The second kappa shape index (κ2) is 4.22. The minimum atomic E-state index is 0.567. The molecule has 5 heteroatoms. The smallest absolute Gasteiger partial charge is 0.0992 e. The summed E-state index contributed by atoms with van der Waals surface area (Å²) in [6.45, 7) is 3.86. The van der Waals surface area contributed by atoms with Gasteiger partial charge in [0, 0.05) is 0 Å². The van der Waals surface area contributed by atoms with Crippen molar-refractivity contribution in [1.29, 1.82) is 5.26 Å². The molecule has 0 bridgehead atoms. The van der Waals surface area contributed by atoms with Crippen LogP contribution in [-0.4, -0.2) is 9.78 Å². The average Bonchev–Trinajstić information content (AvgIpc) is 2.58. The molecule has 0 amide bonds. The van der Waals surface area contributed by atoms with Gasteiger partial charge in [-0.25, -0.2) is 4.68 Å². The Labute approximate surface area is 108 Å². The molecule has 1 aromatic carbocycles. The maximum atomic E-state index is 8.90. The van der Waals surface area contributed by atoms with Gasteiger partial charge in [-0.1, -0.05) is 0 Å². The number of nitrogen functional groups attached to an aromatic ring is 1. The molecule has 0 unspecified atom stereocenters. The van der Waals surface area contributed by atoms with E-state index in [4.69, 9.17) is 11.0 Å². The highest BCUT2D eigenvalue weighted by Crippen LogP contribution is 2.26. The third-order valence-corrected chi connectivity index (χ3v) is 3.74. The Morgan fingerprint density at radius 2 is 2.12 bits per heavy atom. The van der Waals surface area contributed by atoms with Gasteiger partial charge in [-0.05, 0) is 48.0 Å². The number of aromatic nitrogens is 2. The van der Waals surface area contributed by atoms with Gasteiger partial charge < -0.3 is 5.73 Å². The molecule has 0 aliphatic carbocycles. The number of halogens is 1. The lowest BCUT2D eigenvalue weighted by atomic mass is 10.2. The fourth-order valence-electron chi connectivity index (χ4n) is 1.65. The topological polar surface area (TPSA) is 67.6 Å². The molecular formula is C12H11BrN4. The molecule has 86 valence electrons. The minimum Gasteiger partial charge on any atom is -0.397 e. The van der Waals surface area contributed by atoms with Crippen LogP contribution in [-0.2, 0) is 0 Å². The van der Waals surface area contributed by atoms with Crippen LogP contribution in [0.15, 0.2) is 22.7 Å². The van der Waals surface area contributed by atoms with Gasteiger partial charge in [0.15, 0.2) is 0 Å². The predicted octanol–water partition coefficient (Wildman–Crippen LogP) is 2.71. The third kappa shape index (κ3) is 1.92. The van der Waals surface area contributed by atoms with Crippen molar-refractivity contribution in [3.63, 3.8) is 0 Å². The largest absolute Gasteiger partial charge is 0.397 e. The van der Waals surface area contributed by atoms with Crippen LogP contribution >= 0.6 is 15.9 Å². The van der Waals surface area contributed by atoms with Gasteiger partial charge in [-0.3, -0.25) is 0 Å². The molecule has 0 aliphatic heterocycles. The zero-order chi connectivity index (χ0) is 12.6. The Morgan fingerprint density at radius 3 is 2.65 bits per heavy atom. The lowest BCUT2D eigenvalue weighted by Gasteiger charge is -2.08. The van der Waals surface area contributed by atoms with Crippen molar-refractivity contribution in [2.45, 2.75) is 13.8 Å². The number of nitrogens with two attached hydrogens (primary N) is 1. The molecule has 4 nitrogen and oxygen atoms in total. The predicted molar refractivity (Wildman–Crippen MR) is 69.9 cm³/mol. The van der Waals surface area contributed by atoms with Crippen molar-refractivity contribution in [3.8, 4) is 11.8 Å². The third-order valence-electron chi connectivity index (χ3n) is 2.59. The van der Waals surface area contributed by atoms with Crippen molar-refractivity contribution in [2.75, 3.05) is 5.73 Å². The molecule has 2 N–H and O–H groups in total. The van der Waals surface area contributed by atoms with Crippen molar-refractivity contribution < 1.29 is 0 Å². The summed E-state index contributed by atoms with van der Waals surface area (Å²) in [6, 6.07) is 7.25. The van der Waals surface area contributed by atoms with E-state index in [1.807, 2.05) is 13.8 Å². The number of rotatable bonds is 1. The van der Waals surface area contributed by atoms with Crippen molar-refractivity contribution in [3.05, 3.63) is 39.6 Å². The molecule has 0 saturated carbocycles. The SMILES string of the molecule is Cc1nn(-c2cc(C#N)ccc2N)c(C)c1Br. The van der Waals surface area contributed by atoms with Gasteiger partial charge in [-0.2, -0.15) is 10.4 Å². The number of nitrogens with zero attached hydrogens (tertiary/aromatic N) is 3. The maximum Gasteiger partial charge on any atom is 0.0992 e. The van der Waals surface area contributed by atoms with Gasteiger partial charge in [0.25, 0.3) is 0 Å². The Bertz CT molecular complexity index is 622. The van der Waals surface area contributed by atoms with Crippen LogP contribution in [0.1, 0.15) is 17.0 Å². The van der Waals surface area contributed by atoms with Crippen LogP contribution in [0.4, 0.5) is 5.69 Å². The Kier molecular flexibility index (Phi) is 2.90. The summed E-state index contributed by atoms with van der Waals surface area (Å²) in [5.41, 5.74) is 9.67. The summed E-state index contributed by atoms with van der Waals surface area (Å²) in [5.74, 6) is 0. The lowest BCUT2D eigenvalue weighted by Crippen LogP contribution is -2.03. The maximum absolute atomic E-state index is 8.90. The molecule has 0 fully saturated rings. The lowest BCUT2D eigenvalue weighted by molar-refractivity contribution is 0.835. The molecule has 0 aliphatic rings. The van der Waals surface area contributed by atoms with E-state index in [1.165, 1.54) is 0 Å². The number of benzene rings is 1. The van der Waals surface area contributed by atoms with Crippen molar-refractivity contribution in [2.24, 2.45) is 0 Å². The van der Waals surface area contributed by atoms with Crippen molar-refractivity contribution in [1.82, 2.24) is 9.78 Å². The number of nitriles is 1. The second-order valence-corrected chi connectivity index (χ2v) is 4.58. The van der Waals surface area contributed by atoms with Crippen LogP contribution in [0.3, 0.4) is 0 Å². The van der Waals surface area contributed by atoms with Crippen LogP contribution < -0.4 is 5.73 Å². The van der Waals surface area contributed by atoms with Crippen LogP contribution in [0.2, 0.25) is 0 Å². The van der Waals surface area contributed by atoms with E-state index in [2.05, 4.69) is 27.1 Å². The standard InChI is InChI=1S/C12H11BrN4/c1-7-12(13)8(2)17(16-7)11-5-9(6-14)3-4-10(11)15/h3-5H,15H2,1-2H3. The number of anilines is 1. The first-order valence-corrected chi connectivity index (χ1v) is 5.85. The average molecular weight is 291 g/mol. The van der Waals surface area contributed by atoms with Crippen molar-refractivity contribution >= 4 is 21.6 Å². The van der Waals surface area contributed by atoms with E-state index in [0.717, 1.165) is 21.5 Å². The zero-order valence-corrected chi connectivity index (χ0v) is 11.1. The van der Waals surface area contributed by atoms with Gasteiger partial charge in [0.05, 0.1) is 38.9 Å². The number of hydrogen-bond acceptors (Lipinski definition) is 3. The summed E-state index contributed by atoms with van der Waals surface area (Å²) in [4.78, 5) is 0. The molecule has 0 atom stereocenters. The molecule has 17 heavy (non-hydrogen) atoms. The molecule has 2 aromatic rings. The molecule has 0 saturated heterocycles. The van der Waals surface area contributed by atoms with E-state index in [-0.39, 0.29) is 0 Å². The fourth-order valence-corrected chi connectivity index (χ4v) is 1.90. The van der Waals surface area contributed by atoms with Gasteiger partial charge >= 0.3 is 0 Å². The van der Waals surface area contributed by atoms with E-state index < -0.39 is 0 Å². The van der Waals surface area contributed by atoms with Gasteiger partial charge in [0.2, 0.25) is 0 Å². The summed E-state index contributed by atoms with van der Waals surface area (Å²) in [7, 11) is 0. The normalized spacial score (nSPS) is 10.2. The zero-order valence-electron chi connectivity index (χ0n) is 9.53. The Hall–Kier alpha value is -1.80. The first kappa shape index (κ1) is 11.7. The molecule has 1 heterocycles. The molecule has 2 rings (SSSR count). The number of aryl methyl sites for hydroxylation is 1. The summed E-state index contributed by atoms with van der Waals surface area (Å²) in [6.07, 6.45) is 0. The summed E-state index contributed by atoms with van der Waals surface area (Å²) in [5, 5.41) is 13.3. The molecule has 1 aromatic heterocycles. The quantitative estimate of drug-likeness (QED) is 0.821. The van der Waals surface area contributed by atoms with E-state index in [0.29, 0.717) is 11.3 Å². The van der Waals surface area contributed by atoms with Gasteiger partial charge in [0.1, 0.15) is 0 Å². The van der Waals surface area contributed by atoms with Gasteiger partial charge in [-0.15, -0.1) is 0 Å². The van der Waals surface area contributed by atoms with E-state index in [1.54, 1.807) is 22.9 Å². The highest BCUT2D eigenvalue weighted by molar-refractivity contribution is 9.10. The molecule has 0 radical (unpaired) electrons. The Morgan fingerprint density at radius 1 is 1.41 bits per heavy atom. The van der Waals surface area contributed by atoms with E-state index in [9.17, 15) is 0 Å². The summed E-state index contributed by atoms with van der Waals surface area (Å²) >= 11 is 3.47. The first-order chi connectivity index (χ1) is 8.04. The molecular weight excluding hydrogens is 280 g/mol. The molecule has 0 spiro atoms. The number of hydrogen-bond donors (Lipinski definition) is 1. The fraction of sp³-hybridized carbons (Fsp3) is 0.167. The highest BCUT2D eigenvalue weighted by Gasteiger charge is 2.12. The monoisotopic (exact) mass is 290 g/mol. The Balaban J connectivity index is 2.68. The van der Waals surface area contributed by atoms with Crippen LogP contribution in [0, 0.1) is 25.2 Å². The minimum absolute atomic E-state index is 0.567.